The number of hydrogen-bond acceptors (Lipinski definition) is 0. The van der Waals surface area contributed by atoms with E-state index in [2.05, 4.69) is 50.3 Å². The van der Waals surface area contributed by atoms with Gasteiger partial charge in [-0.3, -0.25) is 12.2 Å². The summed E-state index contributed by atoms with van der Waals surface area (Å²) in [5.74, 6) is 0. The average molecular weight is 272 g/mol. The van der Waals surface area contributed by atoms with E-state index in [0.717, 1.165) is 25.7 Å². The van der Waals surface area contributed by atoms with Gasteiger partial charge in [-0.05, 0) is 0 Å². The van der Waals surface area contributed by atoms with E-state index >= 15 is 0 Å². The molecule has 2 rings (SSSR count). The van der Waals surface area contributed by atoms with E-state index in [1.165, 1.54) is 11.1 Å². The predicted molar refractivity (Wildman–Crippen MR) is 61.6 cm³/mol. The maximum atomic E-state index is 3.21. The zero-order valence-electron chi connectivity index (χ0n) is 10.4. The molecule has 17 heavy (non-hydrogen) atoms. The molecule has 0 N–H and O–H groups in total. The molecule has 0 spiro atoms. The second-order valence-electron chi connectivity index (χ2n) is 3.32. The molecule has 2 aliphatic rings. The normalized spacial score (nSPS) is 14.5. The molecule has 0 saturated heterocycles. The molecular weight excluding hydrogens is 254 g/mol. The van der Waals surface area contributed by atoms with Gasteiger partial charge in [-0.1, -0.05) is 26.7 Å². The van der Waals surface area contributed by atoms with Crippen LogP contribution in [0.2, 0.25) is 0 Å². The molecule has 0 saturated carbocycles. The zero-order chi connectivity index (χ0) is 10.2. The van der Waals surface area contributed by atoms with Gasteiger partial charge < -0.3 is 9.41 Å². The molecule has 0 aromatic heterocycles. The van der Waals surface area contributed by atoms with Crippen LogP contribution < -0.4 is 9.41 Å². The molecule has 0 aromatic carbocycles. The Morgan fingerprint density at radius 1 is 0.882 bits per heavy atom. The van der Waals surface area contributed by atoms with E-state index in [0.29, 0.717) is 0 Å². The van der Waals surface area contributed by atoms with Gasteiger partial charge in [0.05, 0.1) is 0 Å². The third-order valence-electron chi connectivity index (χ3n) is 2.29. The Balaban J connectivity index is -0.000000196. The van der Waals surface area contributed by atoms with Gasteiger partial charge in [0.1, 0.15) is 0 Å². The predicted octanol–water partition coefficient (Wildman–Crippen LogP) is -1.82. The number of rotatable bonds is 2. The first kappa shape index (κ1) is 21.8. The molecule has 0 amide bonds. The minimum absolute atomic E-state index is 0. The quantitative estimate of drug-likeness (QED) is 0.410. The summed E-state index contributed by atoms with van der Waals surface area (Å²) in [6, 6.07) is 0. The fraction of sp³-hybridized carbons (Fsp3) is 0.429. The van der Waals surface area contributed by atoms with Crippen LogP contribution in [-0.2, 0) is 21.7 Å². The van der Waals surface area contributed by atoms with E-state index in [9.17, 15) is 0 Å². The van der Waals surface area contributed by atoms with E-state index < -0.39 is 0 Å². The van der Waals surface area contributed by atoms with Gasteiger partial charge >= 0.3 is 21.7 Å². The summed E-state index contributed by atoms with van der Waals surface area (Å²) in [5.41, 5.74) is 2.72. The van der Waals surface area contributed by atoms with Gasteiger partial charge in [0, 0.05) is 0 Å². The van der Waals surface area contributed by atoms with Crippen LogP contribution in [0.15, 0.2) is 35.5 Å². The summed E-state index contributed by atoms with van der Waals surface area (Å²) >= 11 is 0. The van der Waals surface area contributed by atoms with Crippen LogP contribution in [0.3, 0.4) is 0 Å². The van der Waals surface area contributed by atoms with Crippen LogP contribution >= 0.6 is 0 Å². The molecule has 0 atom stereocenters. The fourth-order valence-corrected chi connectivity index (χ4v) is 1.39. The Hall–Kier alpha value is -0.466. The molecule has 0 bridgehead atoms. The molecule has 0 aliphatic heterocycles. The standard InChI is InChI=1S/2C7H9.2FH.Ti/c2*1-2-7-5-3-4-6-7;;;/h2*3,5H,2,4H2,1H3;2*1H;/q2*-1;;;+4/p-2. The Morgan fingerprint density at radius 3 is 1.35 bits per heavy atom. The number of allylic oxidation sites excluding steroid dienone is 8. The summed E-state index contributed by atoms with van der Waals surface area (Å²) in [4.78, 5) is 0. The van der Waals surface area contributed by atoms with Crippen LogP contribution in [0.25, 0.3) is 0 Å². The van der Waals surface area contributed by atoms with Gasteiger partial charge in [-0.15, -0.1) is 12.8 Å². The molecule has 0 aromatic rings. The van der Waals surface area contributed by atoms with Crippen molar-refractivity contribution >= 4 is 0 Å². The minimum Gasteiger partial charge on any atom is -1.00 e. The van der Waals surface area contributed by atoms with Crippen LogP contribution in [0.5, 0.6) is 0 Å². The molecule has 0 unspecified atom stereocenters. The summed E-state index contributed by atoms with van der Waals surface area (Å²) in [7, 11) is 0. The van der Waals surface area contributed by atoms with E-state index in [1.807, 2.05) is 0 Å². The molecule has 0 nitrogen and oxygen atoms in total. The first-order chi connectivity index (χ1) is 6.86. The SMILES string of the molecule is CCC1=[C-]CC=C1.CCC1=[C-]CC=C1.[F-].[F-].[Ti+4]. The van der Waals surface area contributed by atoms with Gasteiger partial charge in [0.2, 0.25) is 0 Å². The molecule has 92 valence electrons. The van der Waals surface area contributed by atoms with Crippen molar-refractivity contribution in [2.24, 2.45) is 0 Å². The zero-order valence-corrected chi connectivity index (χ0v) is 12.0. The second-order valence-corrected chi connectivity index (χ2v) is 3.32. The second kappa shape index (κ2) is 13.6. The van der Waals surface area contributed by atoms with Gasteiger partial charge in [0.15, 0.2) is 0 Å². The Bertz CT molecular complexity index is 259. The Labute approximate surface area is 118 Å². The van der Waals surface area contributed by atoms with Crippen molar-refractivity contribution in [1.29, 1.82) is 0 Å². The van der Waals surface area contributed by atoms with E-state index in [1.54, 1.807) is 0 Å². The van der Waals surface area contributed by atoms with Crippen molar-refractivity contribution in [2.75, 3.05) is 0 Å². The van der Waals surface area contributed by atoms with Crippen molar-refractivity contribution in [3.63, 3.8) is 0 Å². The third kappa shape index (κ3) is 9.26. The minimum atomic E-state index is 0. The Morgan fingerprint density at radius 2 is 1.24 bits per heavy atom. The number of hydrogen-bond donors (Lipinski definition) is 0. The third-order valence-corrected chi connectivity index (χ3v) is 2.29. The van der Waals surface area contributed by atoms with Crippen LogP contribution in [0, 0.1) is 12.2 Å². The average Bonchev–Trinajstić information content (AvgIpc) is 2.92. The van der Waals surface area contributed by atoms with Crippen molar-refractivity contribution in [1.82, 2.24) is 0 Å². The summed E-state index contributed by atoms with van der Waals surface area (Å²) in [5, 5.41) is 0. The first-order valence-electron chi connectivity index (χ1n) is 5.39. The molecule has 3 heteroatoms. The smallest absolute Gasteiger partial charge is 1.00 e. The molecular formula is C14H18F2Ti. The van der Waals surface area contributed by atoms with Crippen molar-refractivity contribution in [3.05, 3.63) is 47.6 Å². The van der Waals surface area contributed by atoms with Crippen molar-refractivity contribution < 1.29 is 31.1 Å². The van der Waals surface area contributed by atoms with Crippen LogP contribution in [-0.4, -0.2) is 0 Å². The molecule has 0 radical (unpaired) electrons. The van der Waals surface area contributed by atoms with E-state index in [-0.39, 0.29) is 31.1 Å². The largest absolute Gasteiger partial charge is 4.00 e. The van der Waals surface area contributed by atoms with Crippen LogP contribution in [0.1, 0.15) is 39.5 Å². The molecule has 2 aliphatic carbocycles. The van der Waals surface area contributed by atoms with Crippen molar-refractivity contribution in [3.8, 4) is 0 Å². The topological polar surface area (TPSA) is 0 Å². The van der Waals surface area contributed by atoms with Crippen molar-refractivity contribution in [2.45, 2.75) is 39.5 Å². The number of halogens is 2. The molecule has 0 heterocycles. The maximum absolute atomic E-state index is 3.21. The summed E-state index contributed by atoms with van der Waals surface area (Å²) in [6.07, 6.45) is 19.3. The fourth-order valence-electron chi connectivity index (χ4n) is 1.39. The molecule has 0 fully saturated rings. The van der Waals surface area contributed by atoms with Crippen LogP contribution in [0.4, 0.5) is 0 Å². The van der Waals surface area contributed by atoms with Gasteiger partial charge in [-0.25, -0.2) is 23.3 Å². The summed E-state index contributed by atoms with van der Waals surface area (Å²) in [6.45, 7) is 4.30. The monoisotopic (exact) mass is 272 g/mol. The maximum Gasteiger partial charge on any atom is 4.00 e. The van der Waals surface area contributed by atoms with Gasteiger partial charge in [0.25, 0.3) is 0 Å². The van der Waals surface area contributed by atoms with Gasteiger partial charge in [-0.2, -0.15) is 12.2 Å². The Kier molecular flexibility index (Phi) is 17.4. The van der Waals surface area contributed by atoms with E-state index in [4.69, 9.17) is 0 Å². The first-order valence-corrected chi connectivity index (χ1v) is 5.39. The summed E-state index contributed by atoms with van der Waals surface area (Å²) < 4.78 is 0.